The van der Waals surface area contributed by atoms with Gasteiger partial charge in [-0.3, -0.25) is 9.59 Å². The molecule has 28 heavy (non-hydrogen) atoms. The molecule has 0 aliphatic rings. The quantitative estimate of drug-likeness (QED) is 0.500. The van der Waals surface area contributed by atoms with Gasteiger partial charge in [0, 0.05) is 34.5 Å². The Hall–Kier alpha value is -2.87. The van der Waals surface area contributed by atoms with Crippen LogP contribution in [0, 0.1) is 0 Å². The molecule has 2 rings (SSSR count). The van der Waals surface area contributed by atoms with Crippen molar-refractivity contribution in [3.8, 4) is 0 Å². The molecule has 0 aromatic heterocycles. The topological polar surface area (TPSA) is 102 Å². The number of hydrogen-bond donors (Lipinski definition) is 2. The van der Waals surface area contributed by atoms with Gasteiger partial charge in [0.2, 0.25) is 0 Å². The van der Waals surface area contributed by atoms with Crippen LogP contribution in [0.25, 0.3) is 0 Å². The fourth-order valence-electron chi connectivity index (χ4n) is 2.50. The molecule has 0 aliphatic heterocycles. The van der Waals surface area contributed by atoms with Crippen LogP contribution in [-0.4, -0.2) is 42.4 Å². The lowest BCUT2D eigenvalue weighted by Gasteiger charge is -2.18. The number of benzene rings is 2. The summed E-state index contributed by atoms with van der Waals surface area (Å²) in [6.07, 6.45) is 0. The Kier molecular flexibility index (Phi) is 7.57. The first-order chi connectivity index (χ1) is 13.3. The Morgan fingerprint density at radius 1 is 1.07 bits per heavy atom. The van der Waals surface area contributed by atoms with Gasteiger partial charge < -0.3 is 20.7 Å². The van der Waals surface area contributed by atoms with Crippen molar-refractivity contribution >= 4 is 45.1 Å². The second kappa shape index (κ2) is 9.89. The first-order valence-electron chi connectivity index (χ1n) is 8.77. The predicted octanol–water partition coefficient (Wildman–Crippen LogP) is 3.31. The van der Waals surface area contributed by atoms with Crippen LogP contribution in [-0.2, 0) is 9.53 Å². The molecule has 0 heterocycles. The minimum atomic E-state index is -0.686. The molecule has 0 saturated heterocycles. The molecule has 8 heteroatoms. The highest BCUT2D eigenvalue weighted by Gasteiger charge is 2.15. The summed E-state index contributed by atoms with van der Waals surface area (Å²) in [6, 6.07) is 11.3. The molecule has 3 N–H and O–H groups in total. The largest absolute Gasteiger partial charge is 0.452 e. The molecule has 148 valence electrons. The number of carbonyl (C=O) groups is 3. The van der Waals surface area contributed by atoms with Gasteiger partial charge in [-0.05, 0) is 56.3 Å². The minimum absolute atomic E-state index is 0.0663. The second-order valence-electron chi connectivity index (χ2n) is 5.91. The summed E-state index contributed by atoms with van der Waals surface area (Å²) in [5.74, 6) is -1.25. The van der Waals surface area contributed by atoms with Crippen molar-refractivity contribution in [1.82, 2.24) is 4.90 Å². The maximum atomic E-state index is 12.3. The molecular formula is C20H22BrN3O4. The number of nitrogens with zero attached hydrogens (tertiary/aromatic N) is 1. The van der Waals surface area contributed by atoms with Crippen LogP contribution in [0.15, 0.2) is 46.9 Å². The van der Waals surface area contributed by atoms with E-state index in [4.69, 9.17) is 10.5 Å². The fraction of sp³-hybridized carbons (Fsp3) is 0.250. The lowest BCUT2D eigenvalue weighted by molar-refractivity contribution is -0.119. The lowest BCUT2D eigenvalue weighted by atomic mass is 10.1. The number of nitrogen functional groups attached to an aromatic ring is 1. The molecule has 0 spiro atoms. The molecule has 0 aliphatic carbocycles. The van der Waals surface area contributed by atoms with Crippen molar-refractivity contribution in [2.24, 2.45) is 0 Å². The number of rotatable bonds is 7. The maximum Gasteiger partial charge on any atom is 0.340 e. The summed E-state index contributed by atoms with van der Waals surface area (Å²) in [4.78, 5) is 38.1. The van der Waals surface area contributed by atoms with Crippen LogP contribution in [0.2, 0.25) is 0 Å². The van der Waals surface area contributed by atoms with E-state index in [0.717, 1.165) is 0 Å². The third kappa shape index (κ3) is 5.56. The van der Waals surface area contributed by atoms with E-state index < -0.39 is 18.5 Å². The van der Waals surface area contributed by atoms with Crippen molar-refractivity contribution in [1.29, 1.82) is 0 Å². The van der Waals surface area contributed by atoms with Crippen molar-refractivity contribution in [2.45, 2.75) is 13.8 Å². The van der Waals surface area contributed by atoms with Crippen molar-refractivity contribution in [3.05, 3.63) is 58.1 Å². The highest BCUT2D eigenvalue weighted by Crippen LogP contribution is 2.19. The van der Waals surface area contributed by atoms with E-state index in [1.165, 1.54) is 6.07 Å². The molecule has 7 nitrogen and oxygen atoms in total. The number of hydrogen-bond acceptors (Lipinski definition) is 5. The number of anilines is 2. The maximum absolute atomic E-state index is 12.3. The van der Waals surface area contributed by atoms with Gasteiger partial charge in [0.25, 0.3) is 11.8 Å². The van der Waals surface area contributed by atoms with E-state index in [0.29, 0.717) is 28.8 Å². The lowest BCUT2D eigenvalue weighted by Crippen LogP contribution is -2.30. The molecule has 0 fully saturated rings. The Labute approximate surface area is 172 Å². The molecule has 0 radical (unpaired) electrons. The average Bonchev–Trinajstić information content (AvgIpc) is 2.69. The van der Waals surface area contributed by atoms with Gasteiger partial charge in [0.05, 0.1) is 5.56 Å². The Bertz CT molecular complexity index is 864. The molecule has 2 aromatic carbocycles. The number of amides is 2. The zero-order valence-electron chi connectivity index (χ0n) is 15.7. The summed E-state index contributed by atoms with van der Waals surface area (Å²) in [6.45, 7) is 4.63. The van der Waals surface area contributed by atoms with Gasteiger partial charge in [0.1, 0.15) is 0 Å². The van der Waals surface area contributed by atoms with Crippen LogP contribution in [0.4, 0.5) is 11.4 Å². The minimum Gasteiger partial charge on any atom is -0.452 e. The van der Waals surface area contributed by atoms with Gasteiger partial charge in [-0.25, -0.2) is 4.79 Å². The van der Waals surface area contributed by atoms with Crippen molar-refractivity contribution in [3.63, 3.8) is 0 Å². The Balaban J connectivity index is 1.92. The predicted molar refractivity (Wildman–Crippen MR) is 111 cm³/mol. The molecule has 2 amide bonds. The third-order valence-corrected chi connectivity index (χ3v) is 4.53. The van der Waals surface area contributed by atoms with Crippen LogP contribution < -0.4 is 11.1 Å². The van der Waals surface area contributed by atoms with Gasteiger partial charge in [-0.15, -0.1) is 0 Å². The van der Waals surface area contributed by atoms with Crippen LogP contribution in [0.5, 0.6) is 0 Å². The van der Waals surface area contributed by atoms with Gasteiger partial charge in [-0.1, -0.05) is 15.9 Å². The highest BCUT2D eigenvalue weighted by atomic mass is 79.9. The molecule has 2 aromatic rings. The number of halogens is 1. The number of carbonyl (C=O) groups excluding carboxylic acids is 3. The highest BCUT2D eigenvalue weighted by molar-refractivity contribution is 9.10. The summed E-state index contributed by atoms with van der Waals surface area (Å²) in [7, 11) is 0. The monoisotopic (exact) mass is 447 g/mol. The van der Waals surface area contributed by atoms with E-state index in [9.17, 15) is 14.4 Å². The second-order valence-corrected chi connectivity index (χ2v) is 6.83. The summed E-state index contributed by atoms with van der Waals surface area (Å²) >= 11 is 3.25. The fourth-order valence-corrected chi connectivity index (χ4v) is 2.86. The summed E-state index contributed by atoms with van der Waals surface area (Å²) in [5, 5.41) is 2.62. The number of ether oxygens (including phenoxy) is 1. The summed E-state index contributed by atoms with van der Waals surface area (Å²) in [5.41, 5.74) is 7.23. The van der Waals surface area contributed by atoms with Crippen LogP contribution in [0.3, 0.4) is 0 Å². The standard InChI is InChI=1S/C20H22BrN3O4/c1-3-24(4-2)19(26)13-5-8-15(9-6-13)23-18(25)12-28-20(27)16-11-14(21)7-10-17(16)22/h5-11H,3-4,12,22H2,1-2H3,(H,23,25). The van der Waals surface area contributed by atoms with E-state index in [1.54, 1.807) is 41.3 Å². The van der Waals surface area contributed by atoms with E-state index >= 15 is 0 Å². The third-order valence-electron chi connectivity index (χ3n) is 4.04. The van der Waals surface area contributed by atoms with Crippen LogP contribution >= 0.6 is 15.9 Å². The van der Waals surface area contributed by atoms with E-state index in [-0.39, 0.29) is 17.2 Å². The molecule has 0 unspecified atom stereocenters. The van der Waals surface area contributed by atoms with E-state index in [2.05, 4.69) is 21.2 Å². The smallest absolute Gasteiger partial charge is 0.340 e. The van der Waals surface area contributed by atoms with Crippen LogP contribution in [0.1, 0.15) is 34.6 Å². The Morgan fingerprint density at radius 3 is 2.32 bits per heavy atom. The van der Waals surface area contributed by atoms with E-state index in [1.807, 2.05) is 13.8 Å². The van der Waals surface area contributed by atoms with Crippen molar-refractivity contribution in [2.75, 3.05) is 30.7 Å². The SMILES string of the molecule is CCN(CC)C(=O)c1ccc(NC(=O)COC(=O)c2cc(Br)ccc2N)cc1. The van der Waals surface area contributed by atoms with Gasteiger partial charge in [0.15, 0.2) is 6.61 Å². The Morgan fingerprint density at radius 2 is 1.71 bits per heavy atom. The first kappa shape index (κ1) is 21.4. The van der Waals surface area contributed by atoms with Crippen molar-refractivity contribution < 1.29 is 19.1 Å². The zero-order chi connectivity index (χ0) is 20.7. The van der Waals surface area contributed by atoms with Gasteiger partial charge >= 0.3 is 5.97 Å². The number of nitrogens with two attached hydrogens (primary N) is 1. The first-order valence-corrected chi connectivity index (χ1v) is 9.56. The normalized spacial score (nSPS) is 10.2. The average molecular weight is 448 g/mol. The zero-order valence-corrected chi connectivity index (χ0v) is 17.3. The van der Waals surface area contributed by atoms with Gasteiger partial charge in [-0.2, -0.15) is 0 Å². The number of nitrogens with one attached hydrogen (secondary N) is 1. The molecule has 0 atom stereocenters. The summed E-state index contributed by atoms with van der Waals surface area (Å²) < 4.78 is 5.69. The molecular weight excluding hydrogens is 426 g/mol. The molecule has 0 bridgehead atoms. The number of esters is 1. The molecule has 0 saturated carbocycles.